The number of aliphatic imine (C=N–C) groups is 1. The van der Waals surface area contributed by atoms with Gasteiger partial charge in [-0.3, -0.25) is 4.90 Å². The Kier molecular flexibility index (Phi) is 7.24. The van der Waals surface area contributed by atoms with E-state index in [0.717, 1.165) is 43.0 Å². The molecule has 1 aromatic heterocycles. The molecular formula is C16H26F3N5OS. The summed E-state index contributed by atoms with van der Waals surface area (Å²) in [6.07, 6.45) is -4.41. The molecule has 0 atom stereocenters. The van der Waals surface area contributed by atoms with Crippen LogP contribution in [0.1, 0.15) is 31.5 Å². The molecule has 0 radical (unpaired) electrons. The first-order chi connectivity index (χ1) is 12.2. The summed E-state index contributed by atoms with van der Waals surface area (Å²) in [6, 6.07) is 0. The van der Waals surface area contributed by atoms with Crippen molar-refractivity contribution in [3.63, 3.8) is 0 Å². The highest BCUT2D eigenvalue weighted by atomic mass is 32.1. The summed E-state index contributed by atoms with van der Waals surface area (Å²) in [5, 5.41) is 7.75. The summed E-state index contributed by atoms with van der Waals surface area (Å²) in [6.45, 7) is 10.9. The fourth-order valence-corrected chi connectivity index (χ4v) is 3.31. The molecule has 0 amide bonds. The van der Waals surface area contributed by atoms with Gasteiger partial charge in [0.1, 0.15) is 5.01 Å². The second kappa shape index (κ2) is 9.01. The minimum atomic E-state index is -4.41. The molecular weight excluding hydrogens is 367 g/mol. The third kappa shape index (κ3) is 6.10. The van der Waals surface area contributed by atoms with Crippen LogP contribution in [-0.2, 0) is 17.5 Å². The van der Waals surface area contributed by atoms with Gasteiger partial charge in [-0.2, -0.15) is 13.2 Å². The number of hydrogen-bond donors (Lipinski definition) is 2. The summed E-state index contributed by atoms with van der Waals surface area (Å²) in [4.78, 5) is 10.3. The Labute approximate surface area is 155 Å². The monoisotopic (exact) mass is 393 g/mol. The first-order valence-corrected chi connectivity index (χ1v) is 9.47. The third-order valence-corrected chi connectivity index (χ3v) is 4.95. The molecule has 6 nitrogen and oxygen atoms in total. The largest absolute Gasteiger partial charge is 0.434 e. The van der Waals surface area contributed by atoms with Crippen molar-refractivity contribution in [3.8, 4) is 0 Å². The number of nitrogens with one attached hydrogen (secondary N) is 2. The van der Waals surface area contributed by atoms with Crippen LogP contribution in [0.3, 0.4) is 0 Å². The lowest BCUT2D eigenvalue weighted by molar-refractivity contribution is -0.140. The van der Waals surface area contributed by atoms with Crippen LogP contribution in [0.15, 0.2) is 10.4 Å². The molecule has 1 aromatic rings. The maximum atomic E-state index is 12.6. The molecule has 0 unspecified atom stereocenters. The van der Waals surface area contributed by atoms with Gasteiger partial charge in [0.05, 0.1) is 19.8 Å². The van der Waals surface area contributed by atoms with Gasteiger partial charge in [-0.05, 0) is 20.8 Å². The second-order valence-electron chi connectivity index (χ2n) is 6.58. The molecule has 26 heavy (non-hydrogen) atoms. The molecule has 0 spiro atoms. The first-order valence-electron chi connectivity index (χ1n) is 8.59. The van der Waals surface area contributed by atoms with Crippen molar-refractivity contribution >= 4 is 17.3 Å². The van der Waals surface area contributed by atoms with E-state index in [1.807, 2.05) is 6.92 Å². The number of guanidine groups is 1. The molecule has 148 valence electrons. The predicted octanol–water partition coefficient (Wildman–Crippen LogP) is 2.33. The zero-order valence-corrected chi connectivity index (χ0v) is 16.1. The molecule has 1 fully saturated rings. The number of thiazole rings is 1. The van der Waals surface area contributed by atoms with E-state index in [1.165, 1.54) is 0 Å². The molecule has 0 bridgehead atoms. The van der Waals surface area contributed by atoms with Crippen LogP contribution in [0.4, 0.5) is 13.2 Å². The highest BCUT2D eigenvalue weighted by Gasteiger charge is 2.33. The van der Waals surface area contributed by atoms with E-state index in [4.69, 9.17) is 4.74 Å². The molecule has 10 heteroatoms. The maximum absolute atomic E-state index is 12.6. The first kappa shape index (κ1) is 20.9. The standard InChI is InChI=1S/C16H26F3N5OS/c1-4-20-14(21-9-13-23-12(10-26-13)16(17,18)19)22-11-15(2,3)24-5-7-25-8-6-24/h10H,4-9,11H2,1-3H3,(H2,20,21,22). The zero-order chi connectivity index (χ0) is 19.2. The van der Waals surface area contributed by atoms with Gasteiger partial charge in [-0.25, -0.2) is 9.98 Å². The molecule has 2 heterocycles. The van der Waals surface area contributed by atoms with Crippen molar-refractivity contribution in [3.05, 3.63) is 16.1 Å². The molecule has 1 aliphatic heterocycles. The number of halogens is 3. The lowest BCUT2D eigenvalue weighted by atomic mass is 10.0. The van der Waals surface area contributed by atoms with Gasteiger partial charge in [0.25, 0.3) is 0 Å². The highest BCUT2D eigenvalue weighted by molar-refractivity contribution is 7.09. The van der Waals surface area contributed by atoms with Gasteiger partial charge in [-0.15, -0.1) is 11.3 Å². The van der Waals surface area contributed by atoms with E-state index in [1.54, 1.807) is 0 Å². The van der Waals surface area contributed by atoms with Crippen LogP contribution < -0.4 is 10.6 Å². The van der Waals surface area contributed by atoms with Crippen molar-refractivity contribution < 1.29 is 17.9 Å². The van der Waals surface area contributed by atoms with Crippen molar-refractivity contribution in [2.24, 2.45) is 4.99 Å². The summed E-state index contributed by atoms with van der Waals surface area (Å²) in [5.74, 6) is 0.567. The quantitative estimate of drug-likeness (QED) is 0.574. The average molecular weight is 393 g/mol. The lowest BCUT2D eigenvalue weighted by Crippen LogP contribution is -2.56. The van der Waals surface area contributed by atoms with E-state index >= 15 is 0 Å². The number of ether oxygens (including phenoxy) is 1. The van der Waals surface area contributed by atoms with E-state index in [-0.39, 0.29) is 12.1 Å². The minimum absolute atomic E-state index is 0.0927. The van der Waals surface area contributed by atoms with Crippen LogP contribution in [0.2, 0.25) is 0 Å². The minimum Gasteiger partial charge on any atom is -0.379 e. The number of rotatable bonds is 6. The van der Waals surface area contributed by atoms with E-state index < -0.39 is 11.9 Å². The highest BCUT2D eigenvalue weighted by Crippen LogP contribution is 2.30. The van der Waals surface area contributed by atoms with Gasteiger partial charge in [0, 0.05) is 37.1 Å². The normalized spacial score (nSPS) is 17.4. The van der Waals surface area contributed by atoms with Crippen molar-refractivity contribution in [1.82, 2.24) is 20.5 Å². The van der Waals surface area contributed by atoms with E-state index in [2.05, 4.69) is 39.4 Å². The van der Waals surface area contributed by atoms with Gasteiger partial charge >= 0.3 is 6.18 Å². The van der Waals surface area contributed by atoms with Gasteiger partial charge < -0.3 is 15.4 Å². The maximum Gasteiger partial charge on any atom is 0.434 e. The van der Waals surface area contributed by atoms with Gasteiger partial charge in [0.15, 0.2) is 11.7 Å². The third-order valence-electron chi connectivity index (χ3n) is 4.11. The fraction of sp³-hybridized carbons (Fsp3) is 0.750. The Bertz CT molecular complexity index is 597. The molecule has 1 aliphatic rings. The molecule has 0 saturated carbocycles. The van der Waals surface area contributed by atoms with Crippen LogP contribution >= 0.6 is 11.3 Å². The molecule has 1 saturated heterocycles. The predicted molar refractivity (Wildman–Crippen MR) is 96.4 cm³/mol. The molecule has 2 rings (SSSR count). The van der Waals surface area contributed by atoms with Crippen molar-refractivity contribution in [1.29, 1.82) is 0 Å². The number of nitrogens with zero attached hydrogens (tertiary/aromatic N) is 3. The summed E-state index contributed by atoms with van der Waals surface area (Å²) < 4.78 is 43.2. The average Bonchev–Trinajstić information content (AvgIpc) is 3.07. The Hall–Kier alpha value is -1.39. The topological polar surface area (TPSA) is 61.8 Å². The van der Waals surface area contributed by atoms with Crippen LogP contribution in [0.25, 0.3) is 0 Å². The fourth-order valence-electron chi connectivity index (χ4n) is 2.58. The van der Waals surface area contributed by atoms with Crippen molar-refractivity contribution in [2.75, 3.05) is 39.4 Å². The molecule has 0 aliphatic carbocycles. The Morgan fingerprint density at radius 2 is 2.00 bits per heavy atom. The Balaban J connectivity index is 1.94. The van der Waals surface area contributed by atoms with E-state index in [9.17, 15) is 13.2 Å². The zero-order valence-electron chi connectivity index (χ0n) is 15.3. The Morgan fingerprint density at radius 1 is 1.31 bits per heavy atom. The van der Waals surface area contributed by atoms with Crippen LogP contribution in [0, 0.1) is 0 Å². The van der Waals surface area contributed by atoms with Gasteiger partial charge in [-0.1, -0.05) is 0 Å². The van der Waals surface area contributed by atoms with Crippen molar-refractivity contribution in [2.45, 2.75) is 39.0 Å². The van der Waals surface area contributed by atoms with Crippen LogP contribution in [0.5, 0.6) is 0 Å². The number of morpholine rings is 1. The Morgan fingerprint density at radius 3 is 2.58 bits per heavy atom. The SMILES string of the molecule is CCNC(=NCc1nc(C(F)(F)F)cs1)NCC(C)(C)N1CCOCC1. The van der Waals surface area contributed by atoms with Gasteiger partial charge in [0.2, 0.25) is 0 Å². The summed E-state index contributed by atoms with van der Waals surface area (Å²) in [5.41, 5.74) is -0.955. The molecule has 0 aromatic carbocycles. The van der Waals surface area contributed by atoms with Crippen LogP contribution in [-0.4, -0.2) is 60.8 Å². The van der Waals surface area contributed by atoms with E-state index in [0.29, 0.717) is 24.1 Å². The summed E-state index contributed by atoms with van der Waals surface area (Å²) >= 11 is 0.967. The summed E-state index contributed by atoms with van der Waals surface area (Å²) in [7, 11) is 0. The molecule has 2 N–H and O–H groups in total. The lowest BCUT2D eigenvalue weighted by Gasteiger charge is -2.41. The number of alkyl halides is 3. The number of aromatic nitrogens is 1. The second-order valence-corrected chi connectivity index (χ2v) is 7.53. The smallest absolute Gasteiger partial charge is 0.379 e. The number of hydrogen-bond acceptors (Lipinski definition) is 5.